The van der Waals surface area contributed by atoms with Crippen LogP contribution in [-0.2, 0) is 13.0 Å². The minimum Gasteiger partial charge on any atom is -0.330 e. The maximum Gasteiger partial charge on any atom is 0.116 e. The van der Waals surface area contributed by atoms with Crippen LogP contribution < -0.4 is 5.73 Å². The van der Waals surface area contributed by atoms with Gasteiger partial charge in [0.2, 0.25) is 0 Å². The molecule has 0 fully saturated rings. The molecule has 0 spiro atoms. The van der Waals surface area contributed by atoms with E-state index in [1.807, 2.05) is 4.68 Å². The summed E-state index contributed by atoms with van der Waals surface area (Å²) in [7, 11) is 0. The van der Waals surface area contributed by atoms with E-state index < -0.39 is 0 Å². The van der Waals surface area contributed by atoms with E-state index >= 15 is 0 Å². The highest BCUT2D eigenvalue weighted by atomic mass is 15.4. The predicted molar refractivity (Wildman–Crippen MR) is 91.7 cm³/mol. The molecule has 4 nitrogen and oxygen atoms in total. The average Bonchev–Trinajstić information content (AvgIpc) is 2.91. The van der Waals surface area contributed by atoms with Crippen LogP contribution in [0.4, 0.5) is 0 Å². The summed E-state index contributed by atoms with van der Waals surface area (Å²) in [5, 5.41) is 8.77. The molecular formula is C18H28N4. The molecule has 0 aliphatic carbocycles. The van der Waals surface area contributed by atoms with Crippen LogP contribution in [0.25, 0.3) is 11.3 Å². The summed E-state index contributed by atoms with van der Waals surface area (Å²) in [5.41, 5.74) is 10.3. The molecule has 0 saturated carbocycles. The van der Waals surface area contributed by atoms with Crippen LogP contribution in [0.15, 0.2) is 24.3 Å². The Morgan fingerprint density at radius 2 is 1.77 bits per heavy atom. The van der Waals surface area contributed by atoms with Gasteiger partial charge in [-0.15, -0.1) is 5.10 Å². The quantitative estimate of drug-likeness (QED) is 0.718. The van der Waals surface area contributed by atoms with Crippen molar-refractivity contribution in [2.24, 2.45) is 5.73 Å². The van der Waals surface area contributed by atoms with E-state index in [-0.39, 0.29) is 0 Å². The summed E-state index contributed by atoms with van der Waals surface area (Å²) in [5.74, 6) is 0. The normalized spacial score (nSPS) is 11.0. The van der Waals surface area contributed by atoms with Crippen molar-refractivity contribution in [1.29, 1.82) is 0 Å². The lowest BCUT2D eigenvalue weighted by Gasteiger charge is -2.07. The third-order valence-electron chi connectivity index (χ3n) is 4.02. The van der Waals surface area contributed by atoms with Crippen LogP contribution in [0.2, 0.25) is 0 Å². The highest BCUT2D eigenvalue weighted by Gasteiger charge is 2.13. The van der Waals surface area contributed by atoms with Gasteiger partial charge in [-0.3, -0.25) is 0 Å². The molecule has 1 aromatic carbocycles. The fourth-order valence-corrected chi connectivity index (χ4v) is 2.70. The van der Waals surface area contributed by atoms with E-state index in [1.165, 1.54) is 36.9 Å². The maximum absolute atomic E-state index is 5.79. The molecule has 2 rings (SSSR count). The Labute approximate surface area is 133 Å². The lowest BCUT2D eigenvalue weighted by Crippen LogP contribution is -2.11. The van der Waals surface area contributed by atoms with Gasteiger partial charge in [0.15, 0.2) is 0 Å². The van der Waals surface area contributed by atoms with Crippen LogP contribution in [-0.4, -0.2) is 21.5 Å². The van der Waals surface area contributed by atoms with E-state index in [2.05, 4.69) is 48.4 Å². The summed E-state index contributed by atoms with van der Waals surface area (Å²) < 4.78 is 2.05. The van der Waals surface area contributed by atoms with Crippen molar-refractivity contribution in [2.75, 3.05) is 6.54 Å². The Morgan fingerprint density at radius 3 is 2.45 bits per heavy atom. The Balaban J connectivity index is 2.09. The number of aryl methyl sites for hydroxylation is 2. The molecule has 1 aromatic heterocycles. The molecular weight excluding hydrogens is 272 g/mol. The molecule has 0 atom stereocenters. The molecule has 2 N–H and O–H groups in total. The highest BCUT2D eigenvalue weighted by Crippen LogP contribution is 2.22. The van der Waals surface area contributed by atoms with Crippen molar-refractivity contribution >= 4 is 0 Å². The van der Waals surface area contributed by atoms with Gasteiger partial charge in [-0.25, -0.2) is 4.68 Å². The van der Waals surface area contributed by atoms with Crippen molar-refractivity contribution in [2.45, 2.75) is 58.9 Å². The monoisotopic (exact) mass is 300 g/mol. The number of nitrogens with two attached hydrogens (primary N) is 1. The summed E-state index contributed by atoms with van der Waals surface area (Å²) >= 11 is 0. The predicted octanol–water partition coefficient (Wildman–Crippen LogP) is 3.73. The Morgan fingerprint density at radius 1 is 1.05 bits per heavy atom. The van der Waals surface area contributed by atoms with Crippen molar-refractivity contribution in [3.8, 4) is 11.3 Å². The van der Waals surface area contributed by atoms with Crippen LogP contribution in [0.1, 0.15) is 50.3 Å². The summed E-state index contributed by atoms with van der Waals surface area (Å²) in [6.45, 7) is 5.91. The minimum atomic E-state index is 0.627. The van der Waals surface area contributed by atoms with E-state index in [1.54, 1.807) is 0 Å². The maximum atomic E-state index is 5.79. The highest BCUT2D eigenvalue weighted by molar-refractivity contribution is 5.61. The molecule has 120 valence electrons. The van der Waals surface area contributed by atoms with Gasteiger partial charge in [-0.2, -0.15) is 0 Å². The molecule has 2 aromatic rings. The molecule has 0 radical (unpaired) electrons. The Hall–Kier alpha value is -1.68. The van der Waals surface area contributed by atoms with Gasteiger partial charge in [-0.1, -0.05) is 67.6 Å². The van der Waals surface area contributed by atoms with E-state index in [0.717, 1.165) is 30.6 Å². The second-order valence-electron chi connectivity index (χ2n) is 5.93. The summed E-state index contributed by atoms with van der Waals surface area (Å²) in [6, 6.07) is 8.46. The molecule has 0 unspecified atom stereocenters. The molecule has 22 heavy (non-hydrogen) atoms. The lowest BCUT2D eigenvalue weighted by molar-refractivity contribution is 0.506. The third kappa shape index (κ3) is 4.41. The first-order chi connectivity index (χ1) is 10.8. The lowest BCUT2D eigenvalue weighted by atomic mass is 10.1. The fraction of sp³-hybridized carbons (Fsp3) is 0.556. The Kier molecular flexibility index (Phi) is 6.59. The first-order valence-corrected chi connectivity index (χ1v) is 8.45. The van der Waals surface area contributed by atoms with Gasteiger partial charge in [0.05, 0.1) is 5.69 Å². The van der Waals surface area contributed by atoms with Gasteiger partial charge in [-0.05, 0) is 19.9 Å². The van der Waals surface area contributed by atoms with E-state index in [0.29, 0.717) is 6.54 Å². The van der Waals surface area contributed by atoms with Crippen molar-refractivity contribution in [1.82, 2.24) is 15.0 Å². The average molecular weight is 300 g/mol. The molecule has 0 aliphatic rings. The zero-order valence-corrected chi connectivity index (χ0v) is 13.9. The number of rotatable bonds is 9. The van der Waals surface area contributed by atoms with Crippen LogP contribution in [0.5, 0.6) is 0 Å². The number of benzene rings is 1. The van der Waals surface area contributed by atoms with E-state index in [4.69, 9.17) is 5.73 Å². The molecule has 0 saturated heterocycles. The molecule has 0 amide bonds. The second-order valence-corrected chi connectivity index (χ2v) is 5.93. The number of nitrogens with zero attached hydrogens (tertiary/aromatic N) is 3. The molecule has 1 heterocycles. The van der Waals surface area contributed by atoms with Gasteiger partial charge < -0.3 is 5.73 Å². The zero-order valence-electron chi connectivity index (χ0n) is 13.9. The fourth-order valence-electron chi connectivity index (χ4n) is 2.70. The van der Waals surface area contributed by atoms with Gasteiger partial charge in [0.1, 0.15) is 5.69 Å². The zero-order chi connectivity index (χ0) is 15.8. The van der Waals surface area contributed by atoms with Gasteiger partial charge in [0, 0.05) is 18.5 Å². The molecule has 4 heteroatoms. The number of aromatic nitrogens is 3. The van der Waals surface area contributed by atoms with E-state index in [9.17, 15) is 0 Å². The summed E-state index contributed by atoms with van der Waals surface area (Å²) in [6.07, 6.45) is 7.15. The van der Waals surface area contributed by atoms with Gasteiger partial charge in [0.25, 0.3) is 0 Å². The standard InChI is InChI=1S/C18H28N4/c1-3-4-5-6-7-14-22-17(12-13-19)18(20-21-22)16-10-8-15(2)9-11-16/h8-11H,3-7,12-14,19H2,1-2H3. The minimum absolute atomic E-state index is 0.627. The van der Waals surface area contributed by atoms with Crippen LogP contribution >= 0.6 is 0 Å². The number of hydrogen-bond donors (Lipinski definition) is 1. The first kappa shape index (κ1) is 16.7. The number of unbranched alkanes of at least 4 members (excludes halogenated alkanes) is 4. The number of hydrogen-bond acceptors (Lipinski definition) is 3. The Bertz CT molecular complexity index is 557. The van der Waals surface area contributed by atoms with Crippen molar-refractivity contribution < 1.29 is 0 Å². The largest absolute Gasteiger partial charge is 0.330 e. The van der Waals surface area contributed by atoms with Crippen LogP contribution in [0, 0.1) is 6.92 Å². The second kappa shape index (κ2) is 8.69. The smallest absolute Gasteiger partial charge is 0.116 e. The van der Waals surface area contributed by atoms with Crippen molar-refractivity contribution in [3.05, 3.63) is 35.5 Å². The first-order valence-electron chi connectivity index (χ1n) is 8.45. The van der Waals surface area contributed by atoms with Crippen molar-refractivity contribution in [3.63, 3.8) is 0 Å². The molecule has 0 bridgehead atoms. The summed E-state index contributed by atoms with van der Waals surface area (Å²) in [4.78, 5) is 0. The molecule has 0 aliphatic heterocycles. The van der Waals surface area contributed by atoms with Crippen LogP contribution in [0.3, 0.4) is 0 Å². The SMILES string of the molecule is CCCCCCCn1nnc(-c2ccc(C)cc2)c1CCN. The van der Waals surface area contributed by atoms with Gasteiger partial charge >= 0.3 is 0 Å². The third-order valence-corrected chi connectivity index (χ3v) is 4.02. The topological polar surface area (TPSA) is 56.7 Å².